The average molecular weight is 278 g/mol. The van der Waals surface area contributed by atoms with Crippen LogP contribution in [0.1, 0.15) is 71.0 Å². The normalized spacial score (nSPS) is 24.8. The van der Waals surface area contributed by atoms with E-state index in [2.05, 4.69) is 41.1 Å². The van der Waals surface area contributed by atoms with Gasteiger partial charge in [-0.25, -0.2) is 4.68 Å². The molecule has 1 aliphatic rings. The molecule has 4 nitrogen and oxygen atoms in total. The van der Waals surface area contributed by atoms with E-state index in [1.807, 2.05) is 6.20 Å². The Morgan fingerprint density at radius 3 is 2.90 bits per heavy atom. The Kier molecular flexibility index (Phi) is 6.02. The molecule has 4 heteroatoms. The highest BCUT2D eigenvalue weighted by atomic mass is 15.4. The first-order valence-electron chi connectivity index (χ1n) is 8.38. The molecule has 2 rings (SSSR count). The topological polar surface area (TPSA) is 42.7 Å². The van der Waals surface area contributed by atoms with Gasteiger partial charge < -0.3 is 5.32 Å². The highest BCUT2D eigenvalue weighted by Crippen LogP contribution is 2.36. The lowest BCUT2D eigenvalue weighted by atomic mass is 9.77. The van der Waals surface area contributed by atoms with Crippen LogP contribution in [0.2, 0.25) is 0 Å². The van der Waals surface area contributed by atoms with Crippen LogP contribution in [0.5, 0.6) is 0 Å². The van der Waals surface area contributed by atoms with E-state index in [1.54, 1.807) is 0 Å². The Bertz CT molecular complexity index is 388. The lowest BCUT2D eigenvalue weighted by Crippen LogP contribution is -2.33. The fraction of sp³-hybridized carbons (Fsp3) is 0.875. The minimum Gasteiger partial charge on any atom is -0.308 e. The summed E-state index contributed by atoms with van der Waals surface area (Å²) in [6.07, 6.45) is 9.69. The predicted molar refractivity (Wildman–Crippen MR) is 82.5 cm³/mol. The number of nitrogens with zero attached hydrogens (tertiary/aromatic N) is 3. The number of aryl methyl sites for hydroxylation is 1. The molecule has 0 saturated heterocycles. The third kappa shape index (κ3) is 3.81. The van der Waals surface area contributed by atoms with Crippen molar-refractivity contribution < 1.29 is 0 Å². The summed E-state index contributed by atoms with van der Waals surface area (Å²) in [5.74, 6) is 1.59. The molecule has 0 aliphatic heterocycles. The molecule has 3 atom stereocenters. The Labute approximate surface area is 123 Å². The van der Waals surface area contributed by atoms with Crippen molar-refractivity contribution in [1.82, 2.24) is 20.3 Å². The zero-order valence-corrected chi connectivity index (χ0v) is 13.3. The van der Waals surface area contributed by atoms with E-state index in [0.717, 1.165) is 31.3 Å². The fourth-order valence-corrected chi connectivity index (χ4v) is 3.49. The van der Waals surface area contributed by atoms with Crippen LogP contribution < -0.4 is 5.32 Å². The first kappa shape index (κ1) is 15.5. The van der Waals surface area contributed by atoms with Crippen molar-refractivity contribution in [3.8, 4) is 0 Å². The number of nitrogens with one attached hydrogen (secondary N) is 1. The van der Waals surface area contributed by atoms with Crippen molar-refractivity contribution in [2.24, 2.45) is 11.8 Å². The van der Waals surface area contributed by atoms with Crippen LogP contribution in [-0.2, 0) is 6.54 Å². The zero-order chi connectivity index (χ0) is 14.4. The number of aromatic nitrogens is 3. The first-order chi connectivity index (χ1) is 9.76. The summed E-state index contributed by atoms with van der Waals surface area (Å²) < 4.78 is 2.10. The molecule has 0 aromatic carbocycles. The molecule has 20 heavy (non-hydrogen) atoms. The van der Waals surface area contributed by atoms with Gasteiger partial charge in [-0.05, 0) is 44.1 Å². The van der Waals surface area contributed by atoms with Crippen LogP contribution in [0.15, 0.2) is 6.20 Å². The summed E-state index contributed by atoms with van der Waals surface area (Å²) in [6, 6.07) is 0.430. The third-order valence-electron chi connectivity index (χ3n) is 4.46. The van der Waals surface area contributed by atoms with Crippen molar-refractivity contribution >= 4 is 0 Å². The number of hydrogen-bond donors (Lipinski definition) is 1. The summed E-state index contributed by atoms with van der Waals surface area (Å²) in [4.78, 5) is 0. The highest BCUT2D eigenvalue weighted by Gasteiger charge is 2.29. The van der Waals surface area contributed by atoms with E-state index >= 15 is 0 Å². The maximum atomic E-state index is 4.28. The van der Waals surface area contributed by atoms with E-state index in [9.17, 15) is 0 Å². The molecule has 0 spiro atoms. The first-order valence-corrected chi connectivity index (χ1v) is 8.38. The van der Waals surface area contributed by atoms with Gasteiger partial charge in [0.25, 0.3) is 0 Å². The lowest BCUT2D eigenvalue weighted by molar-refractivity contribution is 0.216. The molecule has 1 fully saturated rings. The molecular formula is C16H30N4. The zero-order valence-electron chi connectivity index (χ0n) is 13.3. The van der Waals surface area contributed by atoms with Gasteiger partial charge >= 0.3 is 0 Å². The number of hydrogen-bond acceptors (Lipinski definition) is 3. The second-order valence-electron chi connectivity index (χ2n) is 6.35. The SMILES string of the molecule is CCCNC(c1cnnn1CCC)C1CCCC(C)C1. The summed E-state index contributed by atoms with van der Waals surface area (Å²) in [7, 11) is 0. The van der Waals surface area contributed by atoms with E-state index in [4.69, 9.17) is 0 Å². The van der Waals surface area contributed by atoms with Gasteiger partial charge in [0.2, 0.25) is 0 Å². The Hall–Kier alpha value is -0.900. The highest BCUT2D eigenvalue weighted by molar-refractivity contribution is 5.05. The third-order valence-corrected chi connectivity index (χ3v) is 4.46. The van der Waals surface area contributed by atoms with Crippen LogP contribution in [-0.4, -0.2) is 21.5 Å². The average Bonchev–Trinajstić information content (AvgIpc) is 2.88. The van der Waals surface area contributed by atoms with Crippen molar-refractivity contribution in [3.63, 3.8) is 0 Å². The maximum Gasteiger partial charge on any atom is 0.0759 e. The molecule has 1 saturated carbocycles. The van der Waals surface area contributed by atoms with Crippen molar-refractivity contribution in [2.75, 3.05) is 6.54 Å². The summed E-state index contributed by atoms with van der Waals surface area (Å²) in [5.41, 5.74) is 1.29. The minimum atomic E-state index is 0.430. The summed E-state index contributed by atoms with van der Waals surface area (Å²) >= 11 is 0. The monoisotopic (exact) mass is 278 g/mol. The molecule has 1 N–H and O–H groups in total. The Morgan fingerprint density at radius 1 is 1.35 bits per heavy atom. The number of rotatable bonds is 7. The van der Waals surface area contributed by atoms with Gasteiger partial charge in [-0.1, -0.05) is 38.8 Å². The maximum absolute atomic E-state index is 4.28. The van der Waals surface area contributed by atoms with Gasteiger partial charge in [-0.15, -0.1) is 5.10 Å². The standard InChI is InChI=1S/C16H30N4/c1-4-9-17-16(14-8-6-7-13(3)11-14)15-12-18-19-20(15)10-5-2/h12-14,16-17H,4-11H2,1-3H3. The van der Waals surface area contributed by atoms with Crippen LogP contribution in [0.3, 0.4) is 0 Å². The molecule has 1 heterocycles. The minimum absolute atomic E-state index is 0.430. The molecule has 1 aromatic heterocycles. The van der Waals surface area contributed by atoms with Crippen molar-refractivity contribution in [3.05, 3.63) is 11.9 Å². The second kappa shape index (κ2) is 7.77. The molecular weight excluding hydrogens is 248 g/mol. The summed E-state index contributed by atoms with van der Waals surface area (Å²) in [6.45, 7) is 8.87. The second-order valence-corrected chi connectivity index (χ2v) is 6.35. The van der Waals surface area contributed by atoms with Gasteiger partial charge in [-0.3, -0.25) is 0 Å². The Morgan fingerprint density at radius 2 is 2.20 bits per heavy atom. The molecule has 3 unspecified atom stereocenters. The van der Waals surface area contributed by atoms with Crippen molar-refractivity contribution in [1.29, 1.82) is 0 Å². The molecule has 0 amide bonds. The smallest absolute Gasteiger partial charge is 0.0759 e. The van der Waals surface area contributed by atoms with Crippen LogP contribution in [0.25, 0.3) is 0 Å². The van der Waals surface area contributed by atoms with Gasteiger partial charge in [0.05, 0.1) is 17.9 Å². The van der Waals surface area contributed by atoms with Crippen LogP contribution in [0.4, 0.5) is 0 Å². The molecule has 0 radical (unpaired) electrons. The summed E-state index contributed by atoms with van der Waals surface area (Å²) in [5, 5.41) is 12.2. The fourth-order valence-electron chi connectivity index (χ4n) is 3.49. The van der Waals surface area contributed by atoms with E-state index in [1.165, 1.54) is 37.8 Å². The van der Waals surface area contributed by atoms with Gasteiger partial charge in [0.15, 0.2) is 0 Å². The lowest BCUT2D eigenvalue weighted by Gasteiger charge is -2.34. The van der Waals surface area contributed by atoms with Gasteiger partial charge in [-0.2, -0.15) is 0 Å². The largest absolute Gasteiger partial charge is 0.308 e. The molecule has 114 valence electrons. The van der Waals surface area contributed by atoms with Crippen LogP contribution in [0, 0.1) is 11.8 Å². The molecule has 0 bridgehead atoms. The Balaban J connectivity index is 2.15. The van der Waals surface area contributed by atoms with Crippen LogP contribution >= 0.6 is 0 Å². The van der Waals surface area contributed by atoms with E-state index < -0.39 is 0 Å². The molecule has 1 aliphatic carbocycles. The quantitative estimate of drug-likeness (QED) is 0.829. The molecule has 1 aromatic rings. The van der Waals surface area contributed by atoms with Gasteiger partial charge in [0, 0.05) is 6.54 Å². The predicted octanol–water partition coefficient (Wildman–Crippen LogP) is 3.56. The van der Waals surface area contributed by atoms with E-state index in [-0.39, 0.29) is 0 Å². The van der Waals surface area contributed by atoms with Gasteiger partial charge in [0.1, 0.15) is 0 Å². The van der Waals surface area contributed by atoms with Crippen molar-refractivity contribution in [2.45, 2.75) is 71.9 Å². The van der Waals surface area contributed by atoms with E-state index in [0.29, 0.717) is 6.04 Å².